The smallest absolute Gasteiger partial charge is 0.133 e. The molecule has 0 saturated heterocycles. The van der Waals surface area contributed by atoms with Crippen molar-refractivity contribution in [2.24, 2.45) is 69.0 Å². The van der Waals surface area contributed by atoms with E-state index in [2.05, 4.69) is 52.0 Å². The highest BCUT2D eigenvalue weighted by Gasteiger charge is 2.58. The number of aliphatic hydroxyl groups is 1. The Labute approximate surface area is 245 Å². The van der Waals surface area contributed by atoms with Gasteiger partial charge in [-0.3, -0.25) is 4.79 Å². The van der Waals surface area contributed by atoms with Gasteiger partial charge in [-0.15, -0.1) is 0 Å². The van der Waals surface area contributed by atoms with E-state index in [1.54, 1.807) is 0 Å². The summed E-state index contributed by atoms with van der Waals surface area (Å²) in [4.78, 5) is 11.8. The van der Waals surface area contributed by atoms with Crippen molar-refractivity contribution in [3.8, 4) is 0 Å². The monoisotopic (exact) mass is 546 g/mol. The number of rotatable bonds is 0. The average molecular weight is 547 g/mol. The zero-order chi connectivity index (χ0) is 27.9. The van der Waals surface area contributed by atoms with Crippen LogP contribution in [-0.4, -0.2) is 17.0 Å². The Morgan fingerprint density at radius 2 is 1.20 bits per heavy atom. The Balaban J connectivity index is 0.000000132. The molecule has 6 saturated carbocycles. The zero-order valence-electron chi connectivity index (χ0n) is 26.2. The van der Waals surface area contributed by atoms with Gasteiger partial charge in [0.05, 0.1) is 6.10 Å². The first-order valence-electron chi connectivity index (χ1n) is 17.6. The summed E-state index contributed by atoms with van der Waals surface area (Å²) in [6, 6.07) is 0. The molecular formula is C38H58O2. The second-order valence-corrected chi connectivity index (χ2v) is 17.3. The first kappa shape index (κ1) is 27.9. The molecule has 0 radical (unpaired) electrons. The predicted molar refractivity (Wildman–Crippen MR) is 164 cm³/mol. The Kier molecular flexibility index (Phi) is 6.85. The van der Waals surface area contributed by atoms with Crippen LogP contribution in [0.5, 0.6) is 0 Å². The number of carbonyl (C=O) groups is 1. The first-order chi connectivity index (χ1) is 19.1. The number of Topliss-reactive ketones (excluding diaryl/α,β-unsaturated/α-hetero) is 1. The molecule has 0 bridgehead atoms. The molecule has 6 fully saturated rings. The molecule has 0 unspecified atom stereocenters. The van der Waals surface area contributed by atoms with E-state index in [0.717, 1.165) is 67.1 Å². The van der Waals surface area contributed by atoms with E-state index in [1.807, 2.05) is 0 Å². The number of carbonyl (C=O) groups excluding carboxylic acids is 1. The number of fused-ring (bicyclic) bond motifs is 10. The van der Waals surface area contributed by atoms with Crippen LogP contribution in [0.4, 0.5) is 0 Å². The molecule has 0 heterocycles. The molecule has 2 nitrogen and oxygen atoms in total. The summed E-state index contributed by atoms with van der Waals surface area (Å²) in [7, 11) is 0. The van der Waals surface area contributed by atoms with Crippen LogP contribution in [0.25, 0.3) is 0 Å². The number of ketones is 1. The Bertz CT molecular complexity index is 1060. The highest BCUT2D eigenvalue weighted by atomic mass is 16.3. The van der Waals surface area contributed by atoms with Gasteiger partial charge in [0, 0.05) is 12.8 Å². The summed E-state index contributed by atoms with van der Waals surface area (Å²) in [6.07, 6.45) is 30.1. The van der Waals surface area contributed by atoms with E-state index >= 15 is 0 Å². The van der Waals surface area contributed by atoms with Crippen molar-refractivity contribution in [3.05, 3.63) is 24.3 Å². The van der Waals surface area contributed by atoms with Crippen LogP contribution < -0.4 is 0 Å². The van der Waals surface area contributed by atoms with Gasteiger partial charge in [0.25, 0.3) is 0 Å². The van der Waals surface area contributed by atoms with Gasteiger partial charge in [0.2, 0.25) is 0 Å². The largest absolute Gasteiger partial charge is 0.393 e. The maximum atomic E-state index is 11.8. The van der Waals surface area contributed by atoms with Crippen LogP contribution in [0.15, 0.2) is 24.3 Å². The minimum absolute atomic E-state index is 0.00775. The van der Waals surface area contributed by atoms with Gasteiger partial charge >= 0.3 is 0 Å². The highest BCUT2D eigenvalue weighted by Crippen LogP contribution is 2.66. The van der Waals surface area contributed by atoms with E-state index in [9.17, 15) is 9.90 Å². The maximum Gasteiger partial charge on any atom is 0.133 e. The number of allylic oxidation sites excluding steroid dienone is 4. The molecule has 8 aliphatic rings. The van der Waals surface area contributed by atoms with Crippen molar-refractivity contribution in [3.63, 3.8) is 0 Å². The molecule has 13 atom stereocenters. The molecule has 0 amide bonds. The molecule has 0 aliphatic heterocycles. The molecule has 1 N–H and O–H groups in total. The molecule has 8 aliphatic carbocycles. The predicted octanol–water partition coefficient (Wildman–Crippen LogP) is 9.32. The van der Waals surface area contributed by atoms with Gasteiger partial charge in [0.1, 0.15) is 5.78 Å². The van der Waals surface area contributed by atoms with Crippen LogP contribution in [0.2, 0.25) is 0 Å². The first-order valence-corrected chi connectivity index (χ1v) is 17.6. The van der Waals surface area contributed by atoms with Crippen molar-refractivity contribution in [1.82, 2.24) is 0 Å². The van der Waals surface area contributed by atoms with Gasteiger partial charge in [-0.05, 0) is 159 Å². The lowest BCUT2D eigenvalue weighted by atomic mass is 9.45. The molecule has 0 aromatic carbocycles. The molecular weight excluding hydrogens is 488 g/mol. The average Bonchev–Trinajstić information content (AvgIpc) is 3.52. The van der Waals surface area contributed by atoms with Crippen LogP contribution >= 0.6 is 0 Å². The lowest BCUT2D eigenvalue weighted by Crippen LogP contribution is -2.53. The molecule has 0 aromatic rings. The van der Waals surface area contributed by atoms with Crippen LogP contribution in [0.3, 0.4) is 0 Å². The normalized spacial score (nSPS) is 56.0. The third-order valence-electron chi connectivity index (χ3n) is 15.8. The minimum Gasteiger partial charge on any atom is -0.393 e. The summed E-state index contributed by atoms with van der Waals surface area (Å²) in [5.74, 6) is 7.57. The Morgan fingerprint density at radius 3 is 1.80 bits per heavy atom. The van der Waals surface area contributed by atoms with Crippen LogP contribution in [0, 0.1) is 69.0 Å². The van der Waals surface area contributed by atoms with E-state index < -0.39 is 0 Å². The van der Waals surface area contributed by atoms with Gasteiger partial charge in [0.15, 0.2) is 0 Å². The molecule has 8 rings (SSSR count). The molecule has 0 spiro atoms. The van der Waals surface area contributed by atoms with E-state index in [1.165, 1.54) is 77.0 Å². The number of hydrogen-bond donors (Lipinski definition) is 1. The Morgan fingerprint density at radius 1 is 0.650 bits per heavy atom. The van der Waals surface area contributed by atoms with Gasteiger partial charge < -0.3 is 5.11 Å². The molecule has 0 aromatic heterocycles. The quantitative estimate of drug-likeness (QED) is 0.307. The summed E-state index contributed by atoms with van der Waals surface area (Å²) in [6.45, 7) is 10.1. The summed E-state index contributed by atoms with van der Waals surface area (Å²) >= 11 is 0. The molecule has 2 heteroatoms. The standard InChI is InChI=1S/C19H30O.C19H28O/c2*1-18-9-3-4-16(18)15-6-5-13-12-14(20)7-11-19(13,2)17(15)8-10-18/h3,9,13-17,20H,4-8,10-12H2,1-2H3;3,9,13,15-17H,4-8,10-12H2,1-2H3/t13-,14+,15-,16-,17-,18-,19-;13-,15-,16-,17-,18-,19-/m00/s1. The minimum atomic E-state index is -0.00775. The van der Waals surface area contributed by atoms with Crippen molar-refractivity contribution >= 4 is 5.78 Å². The second kappa shape index (κ2) is 9.82. The highest BCUT2D eigenvalue weighted by molar-refractivity contribution is 5.79. The van der Waals surface area contributed by atoms with Crippen LogP contribution in [-0.2, 0) is 4.79 Å². The number of aliphatic hydroxyl groups excluding tert-OH is 1. The van der Waals surface area contributed by atoms with Crippen molar-refractivity contribution in [2.45, 2.75) is 137 Å². The van der Waals surface area contributed by atoms with Crippen molar-refractivity contribution in [2.75, 3.05) is 0 Å². The van der Waals surface area contributed by atoms with Crippen molar-refractivity contribution < 1.29 is 9.90 Å². The van der Waals surface area contributed by atoms with Gasteiger partial charge in [-0.2, -0.15) is 0 Å². The summed E-state index contributed by atoms with van der Waals surface area (Å²) in [5.41, 5.74) is 2.01. The zero-order valence-corrected chi connectivity index (χ0v) is 26.2. The van der Waals surface area contributed by atoms with E-state index in [4.69, 9.17) is 0 Å². The van der Waals surface area contributed by atoms with Gasteiger partial charge in [-0.25, -0.2) is 0 Å². The van der Waals surface area contributed by atoms with Crippen molar-refractivity contribution in [1.29, 1.82) is 0 Å². The maximum absolute atomic E-state index is 11.8. The topological polar surface area (TPSA) is 37.3 Å². The fraction of sp³-hybridized carbons (Fsp3) is 0.868. The number of hydrogen-bond acceptors (Lipinski definition) is 2. The third-order valence-corrected chi connectivity index (χ3v) is 15.8. The van der Waals surface area contributed by atoms with E-state index in [0.29, 0.717) is 33.4 Å². The van der Waals surface area contributed by atoms with Crippen LogP contribution in [0.1, 0.15) is 130 Å². The fourth-order valence-electron chi connectivity index (χ4n) is 13.2. The van der Waals surface area contributed by atoms with E-state index in [-0.39, 0.29) is 6.10 Å². The molecule has 40 heavy (non-hydrogen) atoms. The second-order valence-electron chi connectivity index (χ2n) is 17.3. The lowest BCUT2D eigenvalue weighted by molar-refractivity contribution is -0.136. The fourth-order valence-corrected chi connectivity index (χ4v) is 13.2. The SMILES string of the molecule is C[C@]12CCC(=O)C[C@@H]1CC[C@@H]1[C@@H]2CC[C@]2(C)C=CC[C@@H]12.C[C@]12CC[C@@H](O)C[C@@H]1CC[C@@H]1[C@@H]2CC[C@]2(C)C=CC[C@@H]12. The Hall–Kier alpha value is -0.890. The summed E-state index contributed by atoms with van der Waals surface area (Å²) in [5, 5.41) is 10.0. The lowest BCUT2D eigenvalue weighted by Gasteiger charge is -2.60. The summed E-state index contributed by atoms with van der Waals surface area (Å²) < 4.78 is 0. The van der Waals surface area contributed by atoms with Gasteiger partial charge in [-0.1, -0.05) is 52.0 Å². The molecule has 222 valence electrons. The third kappa shape index (κ3) is 4.22.